The molecule has 2 aromatic rings. The number of hydrogen-bond donors (Lipinski definition) is 1. The van der Waals surface area contributed by atoms with E-state index in [-0.39, 0.29) is 0 Å². The molecule has 1 aromatic carbocycles. The van der Waals surface area contributed by atoms with Gasteiger partial charge in [0.1, 0.15) is 5.75 Å². The van der Waals surface area contributed by atoms with Crippen molar-refractivity contribution in [3.8, 4) is 5.75 Å². The number of hydrogen-bond acceptors (Lipinski definition) is 5. The first kappa shape index (κ1) is 12.0. The van der Waals surface area contributed by atoms with Gasteiger partial charge in [0.15, 0.2) is 6.29 Å². The lowest BCUT2D eigenvalue weighted by Crippen LogP contribution is -2.01. The van der Waals surface area contributed by atoms with Gasteiger partial charge in [0.2, 0.25) is 5.95 Å². The molecule has 0 aliphatic heterocycles. The van der Waals surface area contributed by atoms with Gasteiger partial charge in [-0.1, -0.05) is 12.1 Å². The summed E-state index contributed by atoms with van der Waals surface area (Å²) in [6.45, 7) is 2.51. The monoisotopic (exact) mass is 243 g/mol. The SMILES string of the molecule is CCOc1ccccc1Nc1ncc(C=O)cn1. The van der Waals surface area contributed by atoms with Crippen molar-refractivity contribution in [2.24, 2.45) is 0 Å². The first-order valence-corrected chi connectivity index (χ1v) is 5.59. The van der Waals surface area contributed by atoms with Crippen LogP contribution in [0.4, 0.5) is 11.6 Å². The van der Waals surface area contributed by atoms with Crippen LogP contribution in [0.3, 0.4) is 0 Å². The molecular formula is C13H13N3O2. The van der Waals surface area contributed by atoms with E-state index < -0.39 is 0 Å². The molecule has 1 aromatic heterocycles. The van der Waals surface area contributed by atoms with Gasteiger partial charge in [0.25, 0.3) is 0 Å². The second-order valence-corrected chi connectivity index (χ2v) is 3.51. The predicted octanol–water partition coefficient (Wildman–Crippen LogP) is 2.43. The predicted molar refractivity (Wildman–Crippen MR) is 68.3 cm³/mol. The van der Waals surface area contributed by atoms with E-state index in [9.17, 15) is 4.79 Å². The van der Waals surface area contributed by atoms with Crippen molar-refractivity contribution in [2.45, 2.75) is 6.92 Å². The zero-order valence-electron chi connectivity index (χ0n) is 9.96. The minimum Gasteiger partial charge on any atom is -0.492 e. The molecule has 0 aliphatic carbocycles. The summed E-state index contributed by atoms with van der Waals surface area (Å²) < 4.78 is 5.48. The quantitative estimate of drug-likeness (QED) is 0.817. The van der Waals surface area contributed by atoms with E-state index in [1.54, 1.807) is 0 Å². The minimum atomic E-state index is 0.424. The minimum absolute atomic E-state index is 0.424. The smallest absolute Gasteiger partial charge is 0.227 e. The van der Waals surface area contributed by atoms with Crippen LogP contribution >= 0.6 is 0 Å². The second-order valence-electron chi connectivity index (χ2n) is 3.51. The van der Waals surface area contributed by atoms with Gasteiger partial charge in [-0.15, -0.1) is 0 Å². The van der Waals surface area contributed by atoms with Crippen LogP contribution < -0.4 is 10.1 Å². The third kappa shape index (κ3) is 2.82. The Morgan fingerprint density at radius 2 is 2.00 bits per heavy atom. The summed E-state index contributed by atoms with van der Waals surface area (Å²) >= 11 is 0. The lowest BCUT2D eigenvalue weighted by Gasteiger charge is -2.10. The number of rotatable bonds is 5. The van der Waals surface area contributed by atoms with E-state index in [1.165, 1.54) is 12.4 Å². The molecule has 0 radical (unpaired) electrons. The molecule has 5 heteroatoms. The highest BCUT2D eigenvalue weighted by molar-refractivity contribution is 5.73. The standard InChI is InChI=1S/C13H13N3O2/c1-2-18-12-6-4-3-5-11(12)16-13-14-7-10(9-17)8-15-13/h3-9H,2H2,1H3,(H,14,15,16). The average molecular weight is 243 g/mol. The Hall–Kier alpha value is -2.43. The number of anilines is 2. The zero-order valence-corrected chi connectivity index (χ0v) is 9.96. The first-order valence-electron chi connectivity index (χ1n) is 5.59. The van der Waals surface area contributed by atoms with Crippen molar-refractivity contribution in [1.82, 2.24) is 9.97 Å². The number of benzene rings is 1. The maximum Gasteiger partial charge on any atom is 0.227 e. The van der Waals surface area contributed by atoms with Crippen LogP contribution in [0.5, 0.6) is 5.75 Å². The number of para-hydroxylation sites is 2. The van der Waals surface area contributed by atoms with Crippen LogP contribution in [-0.4, -0.2) is 22.9 Å². The van der Waals surface area contributed by atoms with Gasteiger partial charge in [-0.3, -0.25) is 4.79 Å². The van der Waals surface area contributed by atoms with Crippen molar-refractivity contribution >= 4 is 17.9 Å². The summed E-state index contributed by atoms with van der Waals surface area (Å²) in [6, 6.07) is 7.53. The summed E-state index contributed by atoms with van der Waals surface area (Å²) in [5, 5.41) is 3.05. The Labute approximate surface area is 105 Å². The number of carbonyl (C=O) groups is 1. The molecule has 0 unspecified atom stereocenters. The molecule has 0 atom stereocenters. The Morgan fingerprint density at radius 3 is 2.67 bits per heavy atom. The molecular weight excluding hydrogens is 230 g/mol. The van der Waals surface area contributed by atoms with Crippen LogP contribution in [0.25, 0.3) is 0 Å². The molecule has 0 saturated heterocycles. The van der Waals surface area contributed by atoms with E-state index in [4.69, 9.17) is 4.74 Å². The summed E-state index contributed by atoms with van der Waals surface area (Å²) in [4.78, 5) is 18.6. The van der Waals surface area contributed by atoms with E-state index in [0.717, 1.165) is 11.4 Å². The number of carbonyl (C=O) groups excluding carboxylic acids is 1. The van der Waals surface area contributed by atoms with Gasteiger partial charge < -0.3 is 10.1 Å². The number of ether oxygens (including phenoxy) is 1. The van der Waals surface area contributed by atoms with Gasteiger partial charge >= 0.3 is 0 Å². The molecule has 2 rings (SSSR count). The maximum absolute atomic E-state index is 10.5. The van der Waals surface area contributed by atoms with Gasteiger partial charge in [0.05, 0.1) is 17.9 Å². The Morgan fingerprint density at radius 1 is 1.28 bits per heavy atom. The Balaban J connectivity index is 2.19. The van der Waals surface area contributed by atoms with Gasteiger partial charge in [-0.05, 0) is 19.1 Å². The van der Waals surface area contributed by atoms with Crippen molar-refractivity contribution in [2.75, 3.05) is 11.9 Å². The number of aldehydes is 1. The molecule has 92 valence electrons. The summed E-state index contributed by atoms with van der Waals surface area (Å²) in [5.41, 5.74) is 1.23. The maximum atomic E-state index is 10.5. The number of aromatic nitrogens is 2. The van der Waals surface area contributed by atoms with Crippen molar-refractivity contribution < 1.29 is 9.53 Å². The highest BCUT2D eigenvalue weighted by Crippen LogP contribution is 2.25. The molecule has 0 amide bonds. The number of nitrogens with one attached hydrogen (secondary N) is 1. The summed E-state index contributed by atoms with van der Waals surface area (Å²) in [6.07, 6.45) is 3.63. The Bertz CT molecular complexity index is 526. The van der Waals surface area contributed by atoms with E-state index >= 15 is 0 Å². The molecule has 0 spiro atoms. The first-order chi connectivity index (χ1) is 8.83. The molecule has 1 N–H and O–H groups in total. The van der Waals surface area contributed by atoms with Crippen molar-refractivity contribution in [3.05, 3.63) is 42.2 Å². The fourth-order valence-electron chi connectivity index (χ4n) is 1.44. The van der Waals surface area contributed by atoms with E-state index in [0.29, 0.717) is 24.4 Å². The fourth-order valence-corrected chi connectivity index (χ4v) is 1.44. The summed E-state index contributed by atoms with van der Waals surface area (Å²) in [7, 11) is 0. The van der Waals surface area contributed by atoms with E-state index in [2.05, 4.69) is 15.3 Å². The lowest BCUT2D eigenvalue weighted by molar-refractivity contribution is 0.112. The third-order valence-corrected chi connectivity index (χ3v) is 2.24. The molecule has 18 heavy (non-hydrogen) atoms. The Kier molecular flexibility index (Phi) is 3.86. The van der Waals surface area contributed by atoms with Gasteiger partial charge in [0, 0.05) is 12.4 Å². The molecule has 0 fully saturated rings. The number of nitrogens with zero attached hydrogens (tertiary/aromatic N) is 2. The van der Waals surface area contributed by atoms with Crippen LogP contribution in [0.15, 0.2) is 36.7 Å². The average Bonchev–Trinajstić information content (AvgIpc) is 2.42. The molecule has 1 heterocycles. The van der Waals surface area contributed by atoms with Crippen LogP contribution in [0.1, 0.15) is 17.3 Å². The van der Waals surface area contributed by atoms with Crippen LogP contribution in [-0.2, 0) is 0 Å². The van der Waals surface area contributed by atoms with Crippen LogP contribution in [0, 0.1) is 0 Å². The highest BCUT2D eigenvalue weighted by atomic mass is 16.5. The van der Waals surface area contributed by atoms with Gasteiger partial charge in [-0.25, -0.2) is 9.97 Å². The topological polar surface area (TPSA) is 64.1 Å². The largest absolute Gasteiger partial charge is 0.492 e. The molecule has 5 nitrogen and oxygen atoms in total. The fraction of sp³-hybridized carbons (Fsp3) is 0.154. The molecule has 0 bridgehead atoms. The second kappa shape index (κ2) is 5.77. The highest BCUT2D eigenvalue weighted by Gasteiger charge is 2.04. The summed E-state index contributed by atoms with van der Waals surface area (Å²) in [5.74, 6) is 1.16. The normalized spacial score (nSPS) is 9.83. The van der Waals surface area contributed by atoms with E-state index in [1.807, 2.05) is 31.2 Å². The third-order valence-electron chi connectivity index (χ3n) is 2.24. The lowest BCUT2D eigenvalue weighted by atomic mass is 10.3. The van der Waals surface area contributed by atoms with Gasteiger partial charge in [-0.2, -0.15) is 0 Å². The molecule has 0 aliphatic rings. The molecule has 0 saturated carbocycles. The van der Waals surface area contributed by atoms with Crippen LogP contribution in [0.2, 0.25) is 0 Å². The zero-order chi connectivity index (χ0) is 12.8. The van der Waals surface area contributed by atoms with Crippen molar-refractivity contribution in [3.63, 3.8) is 0 Å². The van der Waals surface area contributed by atoms with Crippen molar-refractivity contribution in [1.29, 1.82) is 0 Å².